The predicted molar refractivity (Wildman–Crippen MR) is 62.2 cm³/mol. The summed E-state index contributed by atoms with van der Waals surface area (Å²) < 4.78 is 4.87. The minimum Gasteiger partial charge on any atom is -0.478 e. The van der Waals surface area contributed by atoms with Crippen LogP contribution in [0.1, 0.15) is 20.7 Å². The van der Waals surface area contributed by atoms with Crippen LogP contribution in [0.25, 0.3) is 0 Å². The van der Waals surface area contributed by atoms with Crippen molar-refractivity contribution in [1.82, 2.24) is 4.90 Å². The fourth-order valence-electron chi connectivity index (χ4n) is 1.34. The minimum atomic E-state index is -1.04. The van der Waals surface area contributed by atoms with Crippen LogP contribution >= 0.6 is 0 Å². The van der Waals surface area contributed by atoms with Gasteiger partial charge >= 0.3 is 5.97 Å². The minimum absolute atomic E-state index is 0.107. The van der Waals surface area contributed by atoms with E-state index in [1.807, 2.05) is 0 Å². The zero-order valence-electron chi connectivity index (χ0n) is 9.84. The molecular weight excluding hydrogens is 222 g/mol. The summed E-state index contributed by atoms with van der Waals surface area (Å²) in [6.07, 6.45) is 0. The molecule has 0 aliphatic heterocycles. The van der Waals surface area contributed by atoms with Crippen LogP contribution in [0.2, 0.25) is 0 Å². The predicted octanol–water partition coefficient (Wildman–Crippen LogP) is 1.10. The molecule has 0 saturated carbocycles. The molecule has 0 aromatic heterocycles. The molecule has 1 N–H and O–H groups in total. The number of methoxy groups -OCH3 is 1. The molecule has 92 valence electrons. The molecule has 0 radical (unpaired) electrons. The monoisotopic (exact) mass is 237 g/mol. The molecule has 1 aromatic rings. The fourth-order valence-corrected chi connectivity index (χ4v) is 1.34. The maximum atomic E-state index is 11.9. The number of carboxylic acids is 1. The number of nitrogens with zero attached hydrogens (tertiary/aromatic N) is 1. The second-order valence-corrected chi connectivity index (χ2v) is 3.61. The Morgan fingerprint density at radius 2 is 2.00 bits per heavy atom. The van der Waals surface area contributed by atoms with Crippen LogP contribution in [0.3, 0.4) is 0 Å². The lowest BCUT2D eigenvalue weighted by Gasteiger charge is -2.16. The highest BCUT2D eigenvalue weighted by Gasteiger charge is 2.13. The molecule has 0 aliphatic carbocycles. The van der Waals surface area contributed by atoms with Crippen molar-refractivity contribution in [3.8, 4) is 0 Å². The standard InChI is InChI=1S/C12H15NO4/c1-13(6-7-17-2)11(14)9-4-3-5-10(8-9)12(15)16/h3-5,8H,6-7H2,1-2H3,(H,15,16). The Bertz CT molecular complexity index is 417. The fraction of sp³-hybridized carbons (Fsp3) is 0.333. The van der Waals surface area contributed by atoms with E-state index in [1.54, 1.807) is 26.3 Å². The molecule has 0 atom stereocenters. The molecule has 0 fully saturated rings. The highest BCUT2D eigenvalue weighted by atomic mass is 16.5. The summed E-state index contributed by atoms with van der Waals surface area (Å²) in [7, 11) is 3.21. The Morgan fingerprint density at radius 3 is 2.59 bits per heavy atom. The van der Waals surface area contributed by atoms with E-state index >= 15 is 0 Å². The molecule has 0 bridgehead atoms. The SMILES string of the molecule is COCCN(C)C(=O)c1cccc(C(=O)O)c1. The van der Waals surface area contributed by atoms with Crippen LogP contribution in [0, 0.1) is 0 Å². The van der Waals surface area contributed by atoms with E-state index in [4.69, 9.17) is 9.84 Å². The molecule has 1 aromatic carbocycles. The van der Waals surface area contributed by atoms with Crippen LogP contribution in [-0.2, 0) is 4.74 Å². The molecule has 1 rings (SSSR count). The summed E-state index contributed by atoms with van der Waals surface area (Å²) in [5.74, 6) is -1.26. The summed E-state index contributed by atoms with van der Waals surface area (Å²) in [6, 6.07) is 5.97. The van der Waals surface area contributed by atoms with E-state index in [2.05, 4.69) is 0 Å². The third-order valence-electron chi connectivity index (χ3n) is 2.33. The molecule has 5 heteroatoms. The first kappa shape index (κ1) is 13.2. The van der Waals surface area contributed by atoms with Gasteiger partial charge in [-0.2, -0.15) is 0 Å². The van der Waals surface area contributed by atoms with Crippen molar-refractivity contribution in [2.24, 2.45) is 0 Å². The molecule has 17 heavy (non-hydrogen) atoms. The summed E-state index contributed by atoms with van der Waals surface area (Å²) in [5, 5.41) is 8.83. The number of hydrogen-bond acceptors (Lipinski definition) is 3. The van der Waals surface area contributed by atoms with Crippen molar-refractivity contribution in [2.45, 2.75) is 0 Å². The van der Waals surface area contributed by atoms with E-state index < -0.39 is 5.97 Å². The van der Waals surface area contributed by atoms with Gasteiger partial charge in [0, 0.05) is 26.3 Å². The summed E-state index contributed by atoms with van der Waals surface area (Å²) in [6.45, 7) is 0.910. The van der Waals surface area contributed by atoms with Gasteiger partial charge in [-0.25, -0.2) is 4.79 Å². The van der Waals surface area contributed by atoms with Gasteiger partial charge < -0.3 is 14.7 Å². The average molecular weight is 237 g/mol. The number of amides is 1. The molecule has 0 saturated heterocycles. The lowest BCUT2D eigenvalue weighted by molar-refractivity contribution is 0.0697. The van der Waals surface area contributed by atoms with Crippen molar-refractivity contribution in [3.05, 3.63) is 35.4 Å². The second-order valence-electron chi connectivity index (χ2n) is 3.61. The van der Waals surface area contributed by atoms with Crippen molar-refractivity contribution in [1.29, 1.82) is 0 Å². The number of likely N-dealkylation sites (N-methyl/N-ethyl adjacent to an activating group) is 1. The van der Waals surface area contributed by atoms with E-state index in [0.717, 1.165) is 0 Å². The first-order chi connectivity index (χ1) is 8.06. The van der Waals surface area contributed by atoms with Gasteiger partial charge in [-0.05, 0) is 18.2 Å². The van der Waals surface area contributed by atoms with Gasteiger partial charge in [-0.3, -0.25) is 4.79 Å². The number of carbonyl (C=O) groups is 2. The van der Waals surface area contributed by atoms with Crippen molar-refractivity contribution < 1.29 is 19.4 Å². The average Bonchev–Trinajstić information content (AvgIpc) is 2.35. The Balaban J connectivity index is 2.81. The van der Waals surface area contributed by atoms with Crippen molar-refractivity contribution >= 4 is 11.9 Å². The molecule has 1 amide bonds. The van der Waals surface area contributed by atoms with Gasteiger partial charge in [0.25, 0.3) is 5.91 Å². The Hall–Kier alpha value is -1.88. The number of rotatable bonds is 5. The highest BCUT2D eigenvalue weighted by molar-refractivity contribution is 5.97. The Morgan fingerprint density at radius 1 is 1.35 bits per heavy atom. The number of carboxylic acid groups (broad SMARTS) is 1. The van der Waals surface area contributed by atoms with Gasteiger partial charge in [-0.15, -0.1) is 0 Å². The smallest absolute Gasteiger partial charge is 0.335 e. The normalized spacial score (nSPS) is 10.0. The molecule has 5 nitrogen and oxygen atoms in total. The zero-order chi connectivity index (χ0) is 12.8. The Labute approximate surface area is 99.6 Å². The zero-order valence-corrected chi connectivity index (χ0v) is 9.84. The third kappa shape index (κ3) is 3.57. The molecule has 0 heterocycles. The topological polar surface area (TPSA) is 66.8 Å². The van der Waals surface area contributed by atoms with Crippen LogP contribution in [-0.4, -0.2) is 49.2 Å². The number of ether oxygens (including phenoxy) is 1. The maximum Gasteiger partial charge on any atom is 0.335 e. The van der Waals surface area contributed by atoms with Gasteiger partial charge in [0.15, 0.2) is 0 Å². The van der Waals surface area contributed by atoms with E-state index in [9.17, 15) is 9.59 Å². The molecular formula is C12H15NO4. The summed E-state index contributed by atoms with van der Waals surface area (Å²) in [5.41, 5.74) is 0.472. The number of aromatic carboxylic acids is 1. The lowest BCUT2D eigenvalue weighted by Crippen LogP contribution is -2.30. The van der Waals surface area contributed by atoms with Crippen LogP contribution in [0.5, 0.6) is 0 Å². The van der Waals surface area contributed by atoms with Crippen LogP contribution < -0.4 is 0 Å². The van der Waals surface area contributed by atoms with Crippen molar-refractivity contribution in [2.75, 3.05) is 27.3 Å². The molecule has 0 aliphatic rings. The second kappa shape index (κ2) is 6.00. The Kier molecular flexibility index (Phi) is 4.66. The van der Waals surface area contributed by atoms with Crippen LogP contribution in [0.4, 0.5) is 0 Å². The van der Waals surface area contributed by atoms with Gasteiger partial charge in [0.05, 0.1) is 12.2 Å². The van der Waals surface area contributed by atoms with E-state index in [-0.39, 0.29) is 11.5 Å². The van der Waals surface area contributed by atoms with Gasteiger partial charge in [0.1, 0.15) is 0 Å². The summed E-state index contributed by atoms with van der Waals surface area (Å²) in [4.78, 5) is 24.2. The lowest BCUT2D eigenvalue weighted by atomic mass is 10.1. The van der Waals surface area contributed by atoms with E-state index in [1.165, 1.54) is 17.0 Å². The largest absolute Gasteiger partial charge is 0.478 e. The van der Waals surface area contributed by atoms with Gasteiger partial charge in [-0.1, -0.05) is 6.07 Å². The first-order valence-corrected chi connectivity index (χ1v) is 5.14. The number of carbonyl (C=O) groups excluding carboxylic acids is 1. The van der Waals surface area contributed by atoms with Gasteiger partial charge in [0.2, 0.25) is 0 Å². The van der Waals surface area contributed by atoms with E-state index in [0.29, 0.717) is 18.7 Å². The summed E-state index contributed by atoms with van der Waals surface area (Å²) >= 11 is 0. The van der Waals surface area contributed by atoms with Crippen molar-refractivity contribution in [3.63, 3.8) is 0 Å². The number of benzene rings is 1. The first-order valence-electron chi connectivity index (χ1n) is 5.14. The maximum absolute atomic E-state index is 11.9. The number of hydrogen-bond donors (Lipinski definition) is 1. The highest BCUT2D eigenvalue weighted by Crippen LogP contribution is 2.07. The van der Waals surface area contributed by atoms with Crippen LogP contribution in [0.15, 0.2) is 24.3 Å². The molecule has 0 spiro atoms. The molecule has 0 unspecified atom stereocenters. The quantitative estimate of drug-likeness (QED) is 0.832. The third-order valence-corrected chi connectivity index (χ3v) is 2.33.